The minimum Gasteiger partial charge on any atom is -0.489 e. The zero-order valence-corrected chi connectivity index (χ0v) is 10.4. The molecule has 2 aliphatic rings. The summed E-state index contributed by atoms with van der Waals surface area (Å²) in [5.74, 6) is 1.47. The number of rotatable bonds is 3. The molecule has 4 heteroatoms. The summed E-state index contributed by atoms with van der Waals surface area (Å²) in [7, 11) is 0. The molecule has 1 saturated carbocycles. The van der Waals surface area contributed by atoms with Crippen LogP contribution in [0.5, 0.6) is 11.5 Å². The topological polar surface area (TPSA) is 30.5 Å². The molecule has 0 radical (unpaired) electrons. The standard InChI is InChI=1S/C13H16ClNO2/c14-11-6-9(8-15-10-2-3-10)7-12-13(11)17-5-1-4-16-12/h6-7,10,15H,1-5,8H2. The van der Waals surface area contributed by atoms with Gasteiger partial charge in [0.05, 0.1) is 18.2 Å². The molecule has 0 atom stereocenters. The van der Waals surface area contributed by atoms with E-state index in [1.807, 2.05) is 12.1 Å². The van der Waals surface area contributed by atoms with Crippen LogP contribution in [0.1, 0.15) is 24.8 Å². The first-order valence-corrected chi connectivity index (χ1v) is 6.52. The number of benzene rings is 1. The predicted octanol–water partition coefficient (Wildman–Crippen LogP) is 2.75. The van der Waals surface area contributed by atoms with Crippen LogP contribution in [0.15, 0.2) is 12.1 Å². The Morgan fingerprint density at radius 1 is 1.24 bits per heavy atom. The van der Waals surface area contributed by atoms with Crippen molar-refractivity contribution in [2.75, 3.05) is 13.2 Å². The fraction of sp³-hybridized carbons (Fsp3) is 0.538. The molecule has 1 aromatic rings. The second kappa shape index (κ2) is 4.75. The second-order valence-corrected chi connectivity index (χ2v) is 5.02. The number of ether oxygens (including phenoxy) is 2. The highest BCUT2D eigenvalue weighted by molar-refractivity contribution is 6.32. The van der Waals surface area contributed by atoms with Crippen molar-refractivity contribution in [1.82, 2.24) is 5.32 Å². The smallest absolute Gasteiger partial charge is 0.179 e. The van der Waals surface area contributed by atoms with Crippen LogP contribution in [0.3, 0.4) is 0 Å². The molecule has 3 nitrogen and oxygen atoms in total. The minimum atomic E-state index is 0.650. The Kier molecular flexibility index (Phi) is 3.12. The Morgan fingerprint density at radius 2 is 2.06 bits per heavy atom. The number of fused-ring (bicyclic) bond motifs is 1. The number of hydrogen-bond donors (Lipinski definition) is 1. The molecule has 1 heterocycles. The van der Waals surface area contributed by atoms with Crippen LogP contribution in [-0.2, 0) is 6.54 Å². The van der Waals surface area contributed by atoms with Gasteiger partial charge in [0.15, 0.2) is 11.5 Å². The monoisotopic (exact) mass is 253 g/mol. The average Bonchev–Trinajstić information content (AvgIpc) is 3.13. The van der Waals surface area contributed by atoms with Crippen molar-refractivity contribution in [3.8, 4) is 11.5 Å². The van der Waals surface area contributed by atoms with Gasteiger partial charge in [0.25, 0.3) is 0 Å². The van der Waals surface area contributed by atoms with E-state index in [1.165, 1.54) is 12.8 Å². The molecule has 0 unspecified atom stereocenters. The molecular formula is C13H16ClNO2. The Labute approximate surface area is 106 Å². The van der Waals surface area contributed by atoms with Gasteiger partial charge in [-0.05, 0) is 30.5 Å². The average molecular weight is 254 g/mol. The first-order chi connectivity index (χ1) is 8.33. The summed E-state index contributed by atoms with van der Waals surface area (Å²) in [6.07, 6.45) is 3.48. The normalized spacial score (nSPS) is 18.9. The van der Waals surface area contributed by atoms with Crippen LogP contribution < -0.4 is 14.8 Å². The fourth-order valence-corrected chi connectivity index (χ4v) is 2.22. The first-order valence-electron chi connectivity index (χ1n) is 6.14. The molecule has 0 bridgehead atoms. The van der Waals surface area contributed by atoms with Gasteiger partial charge in [-0.1, -0.05) is 11.6 Å². The van der Waals surface area contributed by atoms with Crippen molar-refractivity contribution in [2.24, 2.45) is 0 Å². The van der Waals surface area contributed by atoms with Crippen molar-refractivity contribution in [3.05, 3.63) is 22.7 Å². The van der Waals surface area contributed by atoms with Gasteiger partial charge in [-0.3, -0.25) is 0 Å². The molecule has 1 aliphatic carbocycles. The van der Waals surface area contributed by atoms with E-state index in [-0.39, 0.29) is 0 Å². The summed E-state index contributed by atoms with van der Waals surface area (Å²) < 4.78 is 11.2. The molecule has 1 aromatic carbocycles. The van der Waals surface area contributed by atoms with E-state index < -0.39 is 0 Å². The predicted molar refractivity (Wildman–Crippen MR) is 66.9 cm³/mol. The molecular weight excluding hydrogens is 238 g/mol. The van der Waals surface area contributed by atoms with Crippen molar-refractivity contribution < 1.29 is 9.47 Å². The lowest BCUT2D eigenvalue weighted by Crippen LogP contribution is -2.15. The fourth-order valence-electron chi connectivity index (χ4n) is 1.94. The van der Waals surface area contributed by atoms with Crippen LogP contribution in [0, 0.1) is 0 Å². The molecule has 1 fully saturated rings. The molecule has 0 spiro atoms. The zero-order valence-electron chi connectivity index (χ0n) is 9.67. The van der Waals surface area contributed by atoms with Crippen LogP contribution in [0.2, 0.25) is 5.02 Å². The van der Waals surface area contributed by atoms with Crippen molar-refractivity contribution in [2.45, 2.75) is 31.8 Å². The molecule has 92 valence electrons. The summed E-state index contributed by atoms with van der Waals surface area (Å²) in [5.41, 5.74) is 1.16. The van der Waals surface area contributed by atoms with Gasteiger partial charge < -0.3 is 14.8 Å². The highest BCUT2D eigenvalue weighted by Gasteiger charge is 2.21. The Balaban J connectivity index is 1.80. The van der Waals surface area contributed by atoms with Gasteiger partial charge in [-0.25, -0.2) is 0 Å². The maximum Gasteiger partial charge on any atom is 0.179 e. The third-order valence-electron chi connectivity index (χ3n) is 3.03. The van der Waals surface area contributed by atoms with E-state index in [9.17, 15) is 0 Å². The van der Waals surface area contributed by atoms with E-state index in [1.54, 1.807) is 0 Å². The largest absolute Gasteiger partial charge is 0.489 e. The van der Waals surface area contributed by atoms with Gasteiger partial charge in [-0.15, -0.1) is 0 Å². The van der Waals surface area contributed by atoms with Crippen molar-refractivity contribution in [3.63, 3.8) is 0 Å². The van der Waals surface area contributed by atoms with E-state index in [4.69, 9.17) is 21.1 Å². The van der Waals surface area contributed by atoms with Crippen LogP contribution >= 0.6 is 11.6 Å². The van der Waals surface area contributed by atoms with Crippen LogP contribution in [-0.4, -0.2) is 19.3 Å². The summed E-state index contributed by atoms with van der Waals surface area (Å²) in [6, 6.07) is 4.69. The molecule has 0 aromatic heterocycles. The zero-order chi connectivity index (χ0) is 11.7. The maximum absolute atomic E-state index is 6.22. The van der Waals surface area contributed by atoms with Crippen molar-refractivity contribution in [1.29, 1.82) is 0 Å². The summed E-state index contributed by atoms with van der Waals surface area (Å²) in [6.45, 7) is 2.22. The molecule has 1 N–H and O–H groups in total. The van der Waals surface area contributed by atoms with E-state index in [0.717, 1.165) is 24.3 Å². The van der Waals surface area contributed by atoms with Gasteiger partial charge >= 0.3 is 0 Å². The van der Waals surface area contributed by atoms with Gasteiger partial charge in [-0.2, -0.15) is 0 Å². The lowest BCUT2D eigenvalue weighted by atomic mass is 10.2. The molecule has 17 heavy (non-hydrogen) atoms. The Morgan fingerprint density at radius 3 is 2.88 bits per heavy atom. The van der Waals surface area contributed by atoms with Crippen LogP contribution in [0.25, 0.3) is 0 Å². The lowest BCUT2D eigenvalue weighted by Gasteiger charge is -2.11. The third-order valence-corrected chi connectivity index (χ3v) is 3.31. The van der Waals surface area contributed by atoms with Gasteiger partial charge in [0.2, 0.25) is 0 Å². The Hall–Kier alpha value is -0.930. The van der Waals surface area contributed by atoms with Crippen molar-refractivity contribution >= 4 is 11.6 Å². The van der Waals surface area contributed by atoms with E-state index in [0.29, 0.717) is 30.0 Å². The van der Waals surface area contributed by atoms with Gasteiger partial charge in [0.1, 0.15) is 0 Å². The number of halogens is 1. The molecule has 1 aliphatic heterocycles. The maximum atomic E-state index is 6.22. The molecule has 0 amide bonds. The molecule has 3 rings (SSSR count). The number of hydrogen-bond acceptors (Lipinski definition) is 3. The first kappa shape index (κ1) is 11.2. The number of nitrogens with one attached hydrogen (secondary N) is 1. The van der Waals surface area contributed by atoms with E-state index in [2.05, 4.69) is 5.32 Å². The highest BCUT2D eigenvalue weighted by Crippen LogP contribution is 2.38. The molecule has 0 saturated heterocycles. The Bertz CT molecular complexity index is 418. The summed E-state index contributed by atoms with van der Waals surface area (Å²) in [4.78, 5) is 0. The lowest BCUT2D eigenvalue weighted by molar-refractivity contribution is 0.297. The summed E-state index contributed by atoms with van der Waals surface area (Å²) in [5, 5.41) is 4.12. The second-order valence-electron chi connectivity index (χ2n) is 4.61. The van der Waals surface area contributed by atoms with Gasteiger partial charge in [0, 0.05) is 19.0 Å². The summed E-state index contributed by atoms with van der Waals surface area (Å²) >= 11 is 6.22. The highest BCUT2D eigenvalue weighted by atomic mass is 35.5. The third kappa shape index (κ3) is 2.67. The van der Waals surface area contributed by atoms with E-state index >= 15 is 0 Å². The SMILES string of the molecule is Clc1cc(CNC2CC2)cc2c1OCCCO2. The van der Waals surface area contributed by atoms with Crippen LogP contribution in [0.4, 0.5) is 0 Å². The quantitative estimate of drug-likeness (QED) is 0.899. The minimum absolute atomic E-state index is 0.650.